The summed E-state index contributed by atoms with van der Waals surface area (Å²) in [6, 6.07) is 25.5. The first-order valence-electron chi connectivity index (χ1n) is 13.9. The third-order valence-electron chi connectivity index (χ3n) is 6.55. The van der Waals surface area contributed by atoms with Crippen molar-refractivity contribution in [2.24, 2.45) is 0 Å². The Morgan fingerprint density at radius 3 is 2.22 bits per heavy atom. The molecule has 0 saturated carbocycles. The van der Waals surface area contributed by atoms with Crippen molar-refractivity contribution in [2.75, 3.05) is 24.9 Å². The van der Waals surface area contributed by atoms with Crippen LogP contribution < -0.4 is 30.4 Å². The van der Waals surface area contributed by atoms with Crippen molar-refractivity contribution in [1.82, 2.24) is 29.9 Å². The standard InChI is InChI=1S/C33H28N8O4/c1-43-26-7-3-5-23(17-26)38-33-39-25(19-29(41-33)22-10-13-35-31(16-22)44-2)20-45-27-8-4-6-24(18-27)37-32-36-14-11-28(40-32)21-9-12-34-30(42)15-21/h3-19H,20H2,1-2H3,(H,34,42)(H,36,37,40)(H,38,39,41). The Morgan fingerprint density at radius 1 is 0.689 bits per heavy atom. The van der Waals surface area contributed by atoms with Gasteiger partial charge in [-0.3, -0.25) is 4.79 Å². The summed E-state index contributed by atoms with van der Waals surface area (Å²) in [5.74, 6) is 2.56. The van der Waals surface area contributed by atoms with Crippen molar-refractivity contribution < 1.29 is 14.2 Å². The molecule has 0 amide bonds. The van der Waals surface area contributed by atoms with Crippen LogP contribution in [0.3, 0.4) is 0 Å². The van der Waals surface area contributed by atoms with Gasteiger partial charge in [-0.1, -0.05) is 12.1 Å². The second-order valence-corrected chi connectivity index (χ2v) is 9.66. The highest BCUT2D eigenvalue weighted by Crippen LogP contribution is 2.26. The SMILES string of the molecule is COc1cccc(Nc2nc(COc3cccc(Nc4nccc(-c5cc[nH]c(=O)c5)n4)c3)cc(-c3ccnc(OC)c3)n2)c1. The van der Waals surface area contributed by atoms with Gasteiger partial charge in [-0.05, 0) is 48.5 Å². The third kappa shape index (κ3) is 7.38. The fourth-order valence-corrected chi connectivity index (χ4v) is 4.42. The van der Waals surface area contributed by atoms with E-state index < -0.39 is 0 Å². The van der Waals surface area contributed by atoms with Gasteiger partial charge >= 0.3 is 0 Å². The quantitative estimate of drug-likeness (QED) is 0.166. The van der Waals surface area contributed by atoms with Crippen molar-refractivity contribution >= 4 is 23.3 Å². The van der Waals surface area contributed by atoms with Crippen molar-refractivity contribution in [1.29, 1.82) is 0 Å². The number of nitrogens with one attached hydrogen (secondary N) is 3. The van der Waals surface area contributed by atoms with Crippen molar-refractivity contribution in [3.05, 3.63) is 120 Å². The Morgan fingerprint density at radius 2 is 1.42 bits per heavy atom. The van der Waals surface area contributed by atoms with E-state index in [4.69, 9.17) is 24.2 Å². The third-order valence-corrected chi connectivity index (χ3v) is 6.55. The van der Waals surface area contributed by atoms with Crippen LogP contribution in [-0.4, -0.2) is 44.1 Å². The molecule has 0 saturated heterocycles. The molecule has 0 aliphatic carbocycles. The minimum Gasteiger partial charge on any atom is -0.497 e. The van der Waals surface area contributed by atoms with E-state index in [0.29, 0.717) is 51.9 Å². The van der Waals surface area contributed by atoms with Crippen LogP contribution in [0.15, 0.2) is 108 Å². The molecule has 0 atom stereocenters. The van der Waals surface area contributed by atoms with Crippen LogP contribution in [0.2, 0.25) is 0 Å². The number of ether oxygens (including phenoxy) is 3. The molecule has 3 N–H and O–H groups in total. The van der Waals surface area contributed by atoms with Crippen molar-refractivity contribution in [3.8, 4) is 39.9 Å². The molecule has 2 aromatic carbocycles. The number of aromatic amines is 1. The van der Waals surface area contributed by atoms with Gasteiger partial charge in [-0.15, -0.1) is 0 Å². The number of H-pyrrole nitrogens is 1. The number of benzene rings is 2. The first-order valence-corrected chi connectivity index (χ1v) is 13.9. The summed E-state index contributed by atoms with van der Waals surface area (Å²) in [5.41, 5.74) is 4.73. The molecular weight excluding hydrogens is 572 g/mol. The van der Waals surface area contributed by atoms with Gasteiger partial charge in [0.2, 0.25) is 23.3 Å². The van der Waals surface area contributed by atoms with Gasteiger partial charge in [0, 0.05) is 65.4 Å². The molecule has 45 heavy (non-hydrogen) atoms. The van der Waals surface area contributed by atoms with Crippen molar-refractivity contribution in [3.63, 3.8) is 0 Å². The minimum atomic E-state index is -0.204. The van der Waals surface area contributed by atoms with Gasteiger partial charge in [0.1, 0.15) is 18.1 Å². The molecule has 6 aromatic rings. The predicted molar refractivity (Wildman–Crippen MR) is 170 cm³/mol. The molecule has 6 rings (SSSR count). The lowest BCUT2D eigenvalue weighted by Crippen LogP contribution is -2.05. The van der Waals surface area contributed by atoms with Gasteiger partial charge in [0.25, 0.3) is 0 Å². The van der Waals surface area contributed by atoms with Crippen LogP contribution in [-0.2, 0) is 6.61 Å². The first-order chi connectivity index (χ1) is 22.0. The Kier molecular flexibility index (Phi) is 8.54. The number of aromatic nitrogens is 6. The summed E-state index contributed by atoms with van der Waals surface area (Å²) in [6.07, 6.45) is 4.88. The van der Waals surface area contributed by atoms with Gasteiger partial charge < -0.3 is 29.8 Å². The van der Waals surface area contributed by atoms with Crippen LogP contribution in [0.4, 0.5) is 23.3 Å². The summed E-state index contributed by atoms with van der Waals surface area (Å²) in [5, 5.41) is 6.47. The normalized spacial score (nSPS) is 10.6. The highest BCUT2D eigenvalue weighted by atomic mass is 16.5. The van der Waals surface area contributed by atoms with Crippen LogP contribution in [0.25, 0.3) is 22.5 Å². The van der Waals surface area contributed by atoms with E-state index in [2.05, 4.69) is 30.6 Å². The molecule has 0 fully saturated rings. The van der Waals surface area contributed by atoms with E-state index in [-0.39, 0.29) is 12.2 Å². The summed E-state index contributed by atoms with van der Waals surface area (Å²) in [7, 11) is 3.18. The lowest BCUT2D eigenvalue weighted by atomic mass is 10.1. The molecule has 224 valence electrons. The Labute approximate surface area is 258 Å². The maximum atomic E-state index is 11.7. The number of methoxy groups -OCH3 is 2. The fraction of sp³-hybridized carbons (Fsp3) is 0.0909. The zero-order valence-electron chi connectivity index (χ0n) is 24.4. The van der Waals surface area contributed by atoms with Crippen LogP contribution in [0.5, 0.6) is 17.4 Å². The highest BCUT2D eigenvalue weighted by molar-refractivity contribution is 5.64. The van der Waals surface area contributed by atoms with Crippen LogP contribution >= 0.6 is 0 Å². The van der Waals surface area contributed by atoms with E-state index in [1.807, 2.05) is 66.7 Å². The lowest BCUT2D eigenvalue weighted by molar-refractivity contribution is 0.301. The number of rotatable bonds is 11. The van der Waals surface area contributed by atoms with E-state index in [1.165, 1.54) is 6.07 Å². The van der Waals surface area contributed by atoms with Crippen molar-refractivity contribution in [2.45, 2.75) is 6.61 Å². The number of anilines is 4. The van der Waals surface area contributed by atoms with Gasteiger partial charge in [0.15, 0.2) is 0 Å². The maximum absolute atomic E-state index is 11.7. The fourth-order valence-electron chi connectivity index (χ4n) is 4.42. The Balaban J connectivity index is 1.22. The summed E-state index contributed by atoms with van der Waals surface area (Å²) in [4.78, 5) is 36.8. The van der Waals surface area contributed by atoms with E-state index in [9.17, 15) is 4.79 Å². The topological polar surface area (TPSA) is 149 Å². The lowest BCUT2D eigenvalue weighted by Gasteiger charge is -2.13. The monoisotopic (exact) mass is 600 g/mol. The molecule has 12 nitrogen and oxygen atoms in total. The average Bonchev–Trinajstić information content (AvgIpc) is 3.08. The molecule has 0 radical (unpaired) electrons. The predicted octanol–water partition coefficient (Wildman–Crippen LogP) is 5.77. The summed E-state index contributed by atoms with van der Waals surface area (Å²) >= 11 is 0. The largest absolute Gasteiger partial charge is 0.497 e. The molecule has 0 bridgehead atoms. The zero-order valence-corrected chi connectivity index (χ0v) is 24.4. The molecule has 12 heteroatoms. The van der Waals surface area contributed by atoms with Gasteiger partial charge in [0.05, 0.1) is 31.3 Å². The second kappa shape index (κ2) is 13.3. The molecular formula is C33H28N8O4. The number of pyridine rings is 2. The molecule has 0 unspecified atom stereocenters. The van der Waals surface area contributed by atoms with Crippen LogP contribution in [0.1, 0.15) is 5.69 Å². The van der Waals surface area contributed by atoms with E-state index in [1.54, 1.807) is 44.9 Å². The Bertz CT molecular complexity index is 2000. The van der Waals surface area contributed by atoms with Gasteiger partial charge in [-0.25, -0.2) is 24.9 Å². The minimum absolute atomic E-state index is 0.169. The summed E-state index contributed by atoms with van der Waals surface area (Å²) < 4.78 is 16.8. The average molecular weight is 601 g/mol. The first kappa shape index (κ1) is 28.8. The molecule has 0 aliphatic heterocycles. The molecule has 4 aromatic heterocycles. The molecule has 0 spiro atoms. The second-order valence-electron chi connectivity index (χ2n) is 9.66. The number of hydrogen-bond acceptors (Lipinski definition) is 11. The zero-order chi connectivity index (χ0) is 31.0. The van der Waals surface area contributed by atoms with Crippen LogP contribution in [0, 0.1) is 0 Å². The highest BCUT2D eigenvalue weighted by Gasteiger charge is 2.11. The Hall–Kier alpha value is -6.30. The van der Waals surface area contributed by atoms with E-state index >= 15 is 0 Å². The number of nitrogens with zero attached hydrogens (tertiary/aromatic N) is 5. The molecule has 0 aliphatic rings. The summed E-state index contributed by atoms with van der Waals surface area (Å²) in [6.45, 7) is 0.169. The maximum Gasteiger partial charge on any atom is 0.248 e. The molecule has 4 heterocycles. The van der Waals surface area contributed by atoms with Gasteiger partial charge in [-0.2, -0.15) is 0 Å². The smallest absolute Gasteiger partial charge is 0.248 e. The number of hydrogen-bond donors (Lipinski definition) is 3. The van der Waals surface area contributed by atoms with E-state index in [0.717, 1.165) is 16.9 Å².